The quantitative estimate of drug-likeness (QED) is 0.164. The van der Waals surface area contributed by atoms with Crippen LogP contribution in [0.5, 0.6) is 0 Å². The molecule has 4 aromatic rings. The van der Waals surface area contributed by atoms with Crippen molar-refractivity contribution in [3.05, 3.63) is 78.4 Å². The number of rotatable bonds is 13. The number of carbonyl (C=O) groups excluding carboxylic acids is 1. The topological polar surface area (TPSA) is 131 Å². The van der Waals surface area contributed by atoms with E-state index in [1.165, 1.54) is 12.8 Å². The zero-order valence-corrected chi connectivity index (χ0v) is 29.6. The van der Waals surface area contributed by atoms with Gasteiger partial charge in [-0.05, 0) is 76.2 Å². The number of likely N-dealkylation sites (tertiary alicyclic amines) is 1. The number of aromatic nitrogens is 5. The number of carbonyl (C=O) groups is 1. The number of hydrogen-bond donors (Lipinski definition) is 2. The first-order valence-corrected chi connectivity index (χ1v) is 17.9. The summed E-state index contributed by atoms with van der Waals surface area (Å²) in [5.41, 5.74) is 3.75. The van der Waals surface area contributed by atoms with Gasteiger partial charge in [-0.2, -0.15) is 15.3 Å². The molecule has 2 aliphatic heterocycles. The molecule has 1 spiro atoms. The molecular weight excluding hydrogens is 626 g/mol. The molecule has 1 atom stereocenters. The molecule has 3 aromatic heterocycles. The lowest BCUT2D eigenvalue weighted by Gasteiger charge is -2.44. The number of nitriles is 1. The Kier molecular flexibility index (Phi) is 11.2. The average molecular weight is 676 g/mol. The molecule has 0 aliphatic carbocycles. The highest BCUT2D eigenvalue weighted by Crippen LogP contribution is 2.38. The van der Waals surface area contributed by atoms with Gasteiger partial charge in [-0.15, -0.1) is 0 Å². The van der Waals surface area contributed by atoms with E-state index in [4.69, 9.17) is 9.97 Å². The Morgan fingerprint density at radius 1 is 1.00 bits per heavy atom. The van der Waals surface area contributed by atoms with Crippen molar-refractivity contribution in [1.29, 1.82) is 5.26 Å². The number of piperidine rings is 1. The summed E-state index contributed by atoms with van der Waals surface area (Å²) in [4.78, 5) is 34.6. The molecule has 12 nitrogen and oxygen atoms in total. The second-order valence-corrected chi connectivity index (χ2v) is 13.6. The van der Waals surface area contributed by atoms with Crippen LogP contribution >= 0.6 is 0 Å². The van der Waals surface area contributed by atoms with E-state index in [1.807, 2.05) is 73.0 Å². The zero-order chi connectivity index (χ0) is 34.9. The molecule has 6 rings (SSSR count). The van der Waals surface area contributed by atoms with Gasteiger partial charge in [-0.1, -0.05) is 43.7 Å². The molecular formula is C38H49N11O. The van der Waals surface area contributed by atoms with Gasteiger partial charge in [0, 0.05) is 68.3 Å². The summed E-state index contributed by atoms with van der Waals surface area (Å²) in [6.45, 7) is 6.13. The van der Waals surface area contributed by atoms with Crippen LogP contribution in [-0.4, -0.2) is 80.5 Å². The van der Waals surface area contributed by atoms with Crippen LogP contribution in [0.3, 0.4) is 0 Å². The Morgan fingerprint density at radius 3 is 2.48 bits per heavy atom. The number of benzene rings is 1. The van der Waals surface area contributed by atoms with Crippen LogP contribution in [0.1, 0.15) is 69.4 Å². The number of nitrogens with one attached hydrogen (secondary N) is 2. The van der Waals surface area contributed by atoms with Gasteiger partial charge >= 0.3 is 6.03 Å². The predicted octanol–water partition coefficient (Wildman–Crippen LogP) is 5.99. The van der Waals surface area contributed by atoms with Crippen molar-refractivity contribution >= 4 is 23.6 Å². The van der Waals surface area contributed by atoms with Crippen LogP contribution in [0.2, 0.25) is 0 Å². The van der Waals surface area contributed by atoms with Gasteiger partial charge in [0.2, 0.25) is 5.95 Å². The minimum atomic E-state index is -0.172. The molecule has 262 valence electrons. The summed E-state index contributed by atoms with van der Waals surface area (Å²) in [6, 6.07) is 15.9. The van der Waals surface area contributed by atoms with Crippen molar-refractivity contribution in [3.63, 3.8) is 0 Å². The molecule has 2 fully saturated rings. The largest absolute Gasteiger partial charge is 0.355 e. The van der Waals surface area contributed by atoms with Crippen LogP contribution in [0.15, 0.2) is 67.3 Å². The minimum Gasteiger partial charge on any atom is -0.355 e. The zero-order valence-electron chi connectivity index (χ0n) is 29.6. The van der Waals surface area contributed by atoms with Crippen LogP contribution in [0.25, 0.3) is 11.1 Å². The van der Waals surface area contributed by atoms with Crippen molar-refractivity contribution < 1.29 is 4.79 Å². The highest BCUT2D eigenvalue weighted by atomic mass is 16.2. The Hall–Kier alpha value is -5.02. The van der Waals surface area contributed by atoms with Crippen molar-refractivity contribution in [3.8, 4) is 17.2 Å². The average Bonchev–Trinajstić information content (AvgIpc) is 3.74. The SMILES string of the molecule is CCC[C@@H](CCCNc1ncc(C#N)c(N2CCC3(CCCN3C)CC2)n1)N(C(=O)NCc1ccccc1)c1ccc(-c2cnn(C)c2)cn1. The van der Waals surface area contributed by atoms with Gasteiger partial charge in [0.05, 0.1) is 12.4 Å². The maximum absolute atomic E-state index is 13.9. The highest BCUT2D eigenvalue weighted by molar-refractivity contribution is 5.91. The lowest BCUT2D eigenvalue weighted by molar-refractivity contribution is 0.137. The van der Waals surface area contributed by atoms with Crippen molar-refractivity contribution in [1.82, 2.24) is 34.9 Å². The van der Waals surface area contributed by atoms with Crippen molar-refractivity contribution in [2.45, 2.75) is 76.4 Å². The van der Waals surface area contributed by atoms with Gasteiger partial charge in [-0.25, -0.2) is 14.8 Å². The summed E-state index contributed by atoms with van der Waals surface area (Å²) in [5, 5.41) is 20.7. The third-order valence-corrected chi connectivity index (χ3v) is 10.4. The molecule has 2 aliphatic rings. The monoisotopic (exact) mass is 675 g/mol. The maximum Gasteiger partial charge on any atom is 0.323 e. The van der Waals surface area contributed by atoms with E-state index in [0.29, 0.717) is 36.2 Å². The lowest BCUT2D eigenvalue weighted by Crippen LogP contribution is -2.51. The first-order valence-electron chi connectivity index (χ1n) is 17.9. The van der Waals surface area contributed by atoms with E-state index in [-0.39, 0.29) is 17.6 Å². The summed E-state index contributed by atoms with van der Waals surface area (Å²) in [6.07, 6.45) is 15.2. The molecule has 0 bridgehead atoms. The fourth-order valence-corrected chi connectivity index (χ4v) is 7.48. The van der Waals surface area contributed by atoms with Crippen LogP contribution < -0.4 is 20.4 Å². The van der Waals surface area contributed by atoms with E-state index in [0.717, 1.165) is 74.8 Å². The van der Waals surface area contributed by atoms with Gasteiger partial charge in [-0.3, -0.25) is 9.58 Å². The first-order chi connectivity index (χ1) is 24.4. The third kappa shape index (κ3) is 8.05. The molecule has 1 aromatic carbocycles. The highest BCUT2D eigenvalue weighted by Gasteiger charge is 2.41. The number of amides is 2. The van der Waals surface area contributed by atoms with E-state index in [2.05, 4.69) is 50.6 Å². The standard InChI is InChI=1S/C38H49N11O/c1-4-10-33(13-8-19-40-36-42-26-31(23-39)35(45-36)48-21-17-38(18-22-48)16-9-20-46(38)2)49(37(50)43-24-29-11-6-5-7-12-29)34-15-14-30(25-41-34)32-27-44-47(3)28-32/h5-7,11-12,14-15,25-28,33H,4,8-10,13,16-22,24H2,1-3H3,(H,43,50)(H,40,42,45)/t33-/m0/s1. The maximum atomic E-state index is 13.9. The van der Waals surface area contributed by atoms with Crippen molar-refractivity contribution in [2.75, 3.05) is 48.3 Å². The molecule has 50 heavy (non-hydrogen) atoms. The summed E-state index contributed by atoms with van der Waals surface area (Å²) >= 11 is 0. The van der Waals surface area contributed by atoms with Crippen LogP contribution in [0.4, 0.5) is 22.4 Å². The summed E-state index contributed by atoms with van der Waals surface area (Å²) < 4.78 is 1.76. The van der Waals surface area contributed by atoms with E-state index < -0.39 is 0 Å². The second kappa shape index (κ2) is 16.1. The van der Waals surface area contributed by atoms with Gasteiger partial charge in [0.1, 0.15) is 17.5 Å². The molecule has 12 heteroatoms. The van der Waals surface area contributed by atoms with Crippen LogP contribution in [-0.2, 0) is 13.6 Å². The molecule has 2 amide bonds. The smallest absolute Gasteiger partial charge is 0.323 e. The Labute approximate surface area is 295 Å². The number of pyridine rings is 1. The minimum absolute atomic E-state index is 0.0684. The molecule has 5 heterocycles. The normalized spacial score (nSPS) is 16.2. The molecule has 2 N–H and O–H groups in total. The third-order valence-electron chi connectivity index (χ3n) is 10.4. The molecule has 0 saturated carbocycles. The number of anilines is 3. The Balaban J connectivity index is 1.12. The van der Waals surface area contributed by atoms with Gasteiger partial charge < -0.3 is 20.4 Å². The molecule has 2 saturated heterocycles. The number of aryl methyl sites for hydroxylation is 1. The second-order valence-electron chi connectivity index (χ2n) is 13.6. The fraction of sp³-hybridized carbons (Fsp3) is 0.474. The summed E-state index contributed by atoms with van der Waals surface area (Å²) in [7, 11) is 4.13. The Bertz CT molecular complexity index is 1740. The Morgan fingerprint density at radius 2 is 1.82 bits per heavy atom. The number of hydrogen-bond acceptors (Lipinski definition) is 9. The van der Waals surface area contributed by atoms with Crippen molar-refractivity contribution in [2.24, 2.45) is 7.05 Å². The fourth-order valence-electron chi connectivity index (χ4n) is 7.48. The molecule has 0 radical (unpaired) electrons. The van der Waals surface area contributed by atoms with E-state index >= 15 is 0 Å². The van der Waals surface area contributed by atoms with Crippen LogP contribution in [0, 0.1) is 11.3 Å². The molecule has 0 unspecified atom stereocenters. The first kappa shape index (κ1) is 34.8. The summed E-state index contributed by atoms with van der Waals surface area (Å²) in [5.74, 6) is 1.85. The lowest BCUT2D eigenvalue weighted by atomic mass is 9.85. The van der Waals surface area contributed by atoms with Gasteiger partial charge in [0.25, 0.3) is 0 Å². The van der Waals surface area contributed by atoms with E-state index in [9.17, 15) is 10.1 Å². The number of nitrogens with zero attached hydrogens (tertiary/aromatic N) is 9. The number of urea groups is 1. The van der Waals surface area contributed by atoms with E-state index in [1.54, 1.807) is 10.9 Å². The van der Waals surface area contributed by atoms with Gasteiger partial charge in [0.15, 0.2) is 5.82 Å². The predicted molar refractivity (Wildman–Crippen MR) is 197 cm³/mol.